The molecule has 0 saturated carbocycles. The minimum absolute atomic E-state index is 0.111. The summed E-state index contributed by atoms with van der Waals surface area (Å²) in [5, 5.41) is 0.111. The molecule has 2 unspecified atom stereocenters. The number of hydrogen-bond acceptors (Lipinski definition) is 4. The van der Waals surface area contributed by atoms with E-state index < -0.39 is 26.6 Å². The van der Waals surface area contributed by atoms with Crippen LogP contribution in [0.2, 0.25) is 0 Å². The molecule has 2 atom stereocenters. The first-order chi connectivity index (χ1) is 9.25. The van der Waals surface area contributed by atoms with Gasteiger partial charge in [-0.15, -0.1) is 0 Å². The van der Waals surface area contributed by atoms with Crippen molar-refractivity contribution < 1.29 is 17.2 Å². The van der Waals surface area contributed by atoms with E-state index in [0.717, 1.165) is 6.07 Å². The molecule has 1 saturated heterocycles. The molecule has 1 heterocycles. The highest BCUT2D eigenvalue weighted by atomic mass is 32.2. The Hall–Kier alpha value is -0.860. The lowest BCUT2D eigenvalue weighted by Crippen LogP contribution is -2.48. The van der Waals surface area contributed by atoms with Crippen LogP contribution in [-0.4, -0.2) is 36.3 Å². The van der Waals surface area contributed by atoms with E-state index >= 15 is 0 Å². The van der Waals surface area contributed by atoms with Crippen molar-refractivity contribution in [3.8, 4) is 0 Å². The number of thioether (sulfide) groups is 1. The van der Waals surface area contributed by atoms with Crippen LogP contribution in [0.25, 0.3) is 0 Å². The molecule has 112 valence electrons. The summed E-state index contributed by atoms with van der Waals surface area (Å²) >= 11 is 1.67. The predicted molar refractivity (Wildman–Crippen MR) is 76.0 cm³/mol. The van der Waals surface area contributed by atoms with Gasteiger partial charge in [0, 0.05) is 29.7 Å². The van der Waals surface area contributed by atoms with Crippen molar-refractivity contribution in [3.63, 3.8) is 0 Å². The maximum absolute atomic E-state index is 13.8. The quantitative estimate of drug-likeness (QED) is 0.847. The van der Waals surface area contributed by atoms with Crippen molar-refractivity contribution in [2.24, 2.45) is 0 Å². The Bertz CT molecular complexity index is 622. The molecule has 1 aromatic rings. The molecule has 0 aromatic heterocycles. The standard InChI is InChI=1S/C12H16F2N2O2S2/c1-7-8(2)19-4-3-16(7)20(17,18)12-6-11(15)9(13)5-10(12)14/h5-8H,3-4,15H2,1-2H3. The summed E-state index contributed by atoms with van der Waals surface area (Å²) in [6.45, 7) is 4.00. The number of hydrogen-bond donors (Lipinski definition) is 1. The zero-order chi connectivity index (χ0) is 15.1. The van der Waals surface area contributed by atoms with Crippen molar-refractivity contribution in [2.45, 2.75) is 30.0 Å². The van der Waals surface area contributed by atoms with Gasteiger partial charge in [-0.25, -0.2) is 17.2 Å². The fourth-order valence-corrected chi connectivity index (χ4v) is 5.19. The SMILES string of the molecule is CC1SCCN(S(=O)(=O)c2cc(N)c(F)cc2F)C1C. The molecule has 2 rings (SSSR count). The van der Waals surface area contributed by atoms with Crippen molar-refractivity contribution in [2.75, 3.05) is 18.0 Å². The zero-order valence-corrected chi connectivity index (χ0v) is 12.8. The number of nitrogens with zero attached hydrogens (tertiary/aromatic N) is 1. The molecule has 0 amide bonds. The van der Waals surface area contributed by atoms with Crippen molar-refractivity contribution in [1.29, 1.82) is 0 Å². The summed E-state index contributed by atoms with van der Waals surface area (Å²) in [6, 6.07) is 1.10. The van der Waals surface area contributed by atoms with Crippen LogP contribution < -0.4 is 5.73 Å². The highest BCUT2D eigenvalue weighted by molar-refractivity contribution is 8.00. The number of benzene rings is 1. The first-order valence-corrected chi connectivity index (χ1v) is 8.62. The highest BCUT2D eigenvalue weighted by Crippen LogP contribution is 2.31. The van der Waals surface area contributed by atoms with Crippen LogP contribution in [-0.2, 0) is 10.0 Å². The molecule has 2 N–H and O–H groups in total. The second-order valence-corrected chi connectivity index (χ2v) is 8.08. The summed E-state index contributed by atoms with van der Waals surface area (Å²) in [5.74, 6) is -1.44. The number of halogens is 2. The van der Waals surface area contributed by atoms with E-state index in [1.165, 1.54) is 4.31 Å². The molecule has 0 radical (unpaired) electrons. The van der Waals surface area contributed by atoms with E-state index in [0.29, 0.717) is 18.4 Å². The average Bonchev–Trinajstić information content (AvgIpc) is 2.36. The van der Waals surface area contributed by atoms with Gasteiger partial charge in [0.2, 0.25) is 10.0 Å². The van der Waals surface area contributed by atoms with Crippen LogP contribution in [0.1, 0.15) is 13.8 Å². The molecule has 8 heteroatoms. The second kappa shape index (κ2) is 5.50. The van der Waals surface area contributed by atoms with E-state index in [1.807, 2.05) is 6.92 Å². The number of nitrogens with two attached hydrogens (primary N) is 1. The lowest BCUT2D eigenvalue weighted by Gasteiger charge is -2.36. The van der Waals surface area contributed by atoms with Gasteiger partial charge in [-0.05, 0) is 13.0 Å². The third kappa shape index (κ3) is 2.64. The van der Waals surface area contributed by atoms with Gasteiger partial charge < -0.3 is 5.73 Å². The molecule has 0 aliphatic carbocycles. The summed E-state index contributed by atoms with van der Waals surface area (Å²) in [6.07, 6.45) is 0. The summed E-state index contributed by atoms with van der Waals surface area (Å²) in [5.41, 5.74) is 4.97. The third-order valence-electron chi connectivity index (χ3n) is 3.46. The monoisotopic (exact) mass is 322 g/mol. The second-order valence-electron chi connectivity index (χ2n) is 4.74. The number of anilines is 1. The normalized spacial score (nSPS) is 24.8. The molecule has 1 aliphatic heterocycles. The molecule has 0 bridgehead atoms. The Morgan fingerprint density at radius 3 is 2.60 bits per heavy atom. The van der Waals surface area contributed by atoms with Crippen molar-refractivity contribution in [1.82, 2.24) is 4.31 Å². The largest absolute Gasteiger partial charge is 0.396 e. The van der Waals surface area contributed by atoms with Gasteiger partial charge in [-0.3, -0.25) is 0 Å². The van der Waals surface area contributed by atoms with Gasteiger partial charge in [-0.1, -0.05) is 6.92 Å². The molecule has 1 aliphatic rings. The Balaban J connectivity index is 2.47. The van der Waals surface area contributed by atoms with Crippen LogP contribution in [0.5, 0.6) is 0 Å². The Labute approximate surface area is 121 Å². The van der Waals surface area contributed by atoms with Crippen molar-refractivity contribution in [3.05, 3.63) is 23.8 Å². The molecule has 4 nitrogen and oxygen atoms in total. The fourth-order valence-electron chi connectivity index (χ4n) is 2.11. The van der Waals surface area contributed by atoms with E-state index in [2.05, 4.69) is 0 Å². The number of sulfonamides is 1. The van der Waals surface area contributed by atoms with E-state index in [-0.39, 0.29) is 17.0 Å². The van der Waals surface area contributed by atoms with Gasteiger partial charge in [0.15, 0.2) is 0 Å². The van der Waals surface area contributed by atoms with Gasteiger partial charge in [0.1, 0.15) is 16.5 Å². The lowest BCUT2D eigenvalue weighted by atomic mass is 10.2. The maximum atomic E-state index is 13.8. The highest BCUT2D eigenvalue weighted by Gasteiger charge is 2.36. The first kappa shape index (κ1) is 15.5. The lowest BCUT2D eigenvalue weighted by molar-refractivity contribution is 0.338. The maximum Gasteiger partial charge on any atom is 0.246 e. The smallest absolute Gasteiger partial charge is 0.246 e. The van der Waals surface area contributed by atoms with Gasteiger partial charge in [0.25, 0.3) is 0 Å². The first-order valence-electron chi connectivity index (χ1n) is 6.13. The Morgan fingerprint density at radius 2 is 1.95 bits per heavy atom. The predicted octanol–water partition coefficient (Wildman–Crippen LogP) is 2.06. The Kier molecular flexibility index (Phi) is 4.27. The summed E-state index contributed by atoms with van der Waals surface area (Å²) in [4.78, 5) is -0.567. The zero-order valence-electron chi connectivity index (χ0n) is 11.1. The van der Waals surface area contributed by atoms with Crippen LogP contribution >= 0.6 is 11.8 Å². The topological polar surface area (TPSA) is 63.4 Å². The van der Waals surface area contributed by atoms with Crippen LogP contribution in [0.3, 0.4) is 0 Å². The average molecular weight is 322 g/mol. The van der Waals surface area contributed by atoms with Crippen LogP contribution in [0.15, 0.2) is 17.0 Å². The third-order valence-corrected chi connectivity index (χ3v) is 6.80. The minimum atomic E-state index is -4.02. The van der Waals surface area contributed by atoms with Crippen molar-refractivity contribution >= 4 is 27.5 Å². The van der Waals surface area contributed by atoms with E-state index in [9.17, 15) is 17.2 Å². The fraction of sp³-hybridized carbons (Fsp3) is 0.500. The van der Waals surface area contributed by atoms with Crippen LogP contribution in [0.4, 0.5) is 14.5 Å². The molecule has 0 spiro atoms. The number of rotatable bonds is 2. The minimum Gasteiger partial charge on any atom is -0.396 e. The van der Waals surface area contributed by atoms with Crippen LogP contribution in [0, 0.1) is 11.6 Å². The molecular formula is C12H16F2N2O2S2. The molecular weight excluding hydrogens is 306 g/mol. The molecule has 1 aromatic carbocycles. The summed E-state index contributed by atoms with van der Waals surface area (Å²) < 4.78 is 53.3. The van der Waals surface area contributed by atoms with Gasteiger partial charge in [0.05, 0.1) is 5.69 Å². The summed E-state index contributed by atoms with van der Waals surface area (Å²) in [7, 11) is -4.02. The van der Waals surface area contributed by atoms with E-state index in [4.69, 9.17) is 5.73 Å². The number of nitrogen functional groups attached to an aromatic ring is 1. The Morgan fingerprint density at radius 1 is 1.30 bits per heavy atom. The molecule has 1 fully saturated rings. The molecule has 20 heavy (non-hydrogen) atoms. The van der Waals surface area contributed by atoms with Gasteiger partial charge >= 0.3 is 0 Å². The van der Waals surface area contributed by atoms with Gasteiger partial charge in [-0.2, -0.15) is 16.1 Å². The van der Waals surface area contributed by atoms with E-state index in [1.54, 1.807) is 18.7 Å².